The first-order chi connectivity index (χ1) is 5.66. The molecule has 12 heavy (non-hydrogen) atoms. The zero-order valence-electron chi connectivity index (χ0n) is 7.96. The van der Waals surface area contributed by atoms with Crippen molar-refractivity contribution >= 4 is 5.82 Å². The Hall–Kier alpha value is -1.05. The number of nitrogen functional groups attached to an aromatic ring is 1. The minimum Gasteiger partial charge on any atom is -0.383 e. The molecule has 1 unspecified atom stereocenters. The van der Waals surface area contributed by atoms with Crippen molar-refractivity contribution in [2.75, 3.05) is 5.73 Å². The summed E-state index contributed by atoms with van der Waals surface area (Å²) in [6.07, 6.45) is 2.87. The second-order valence-corrected chi connectivity index (χ2v) is 3.24. The van der Waals surface area contributed by atoms with Crippen molar-refractivity contribution in [1.29, 1.82) is 0 Å². The third kappa shape index (κ3) is 1.58. The Labute approximate surface area is 73.8 Å². The molecule has 0 bridgehead atoms. The third-order valence-corrected chi connectivity index (χ3v) is 2.34. The van der Waals surface area contributed by atoms with Gasteiger partial charge in [0.2, 0.25) is 0 Å². The fourth-order valence-corrected chi connectivity index (χ4v) is 1.44. The molecule has 0 saturated heterocycles. The number of pyridine rings is 1. The highest BCUT2D eigenvalue weighted by Crippen LogP contribution is 2.25. The number of anilines is 1. The highest BCUT2D eigenvalue weighted by atomic mass is 14.8. The number of aromatic nitrogens is 1. The van der Waals surface area contributed by atoms with E-state index in [4.69, 9.17) is 5.73 Å². The van der Waals surface area contributed by atoms with E-state index in [0.717, 1.165) is 6.42 Å². The zero-order valence-corrected chi connectivity index (χ0v) is 7.96. The van der Waals surface area contributed by atoms with Crippen LogP contribution in [-0.2, 0) is 0 Å². The van der Waals surface area contributed by atoms with Crippen LogP contribution in [0, 0.1) is 6.92 Å². The molecule has 1 rings (SSSR count). The van der Waals surface area contributed by atoms with Crippen LogP contribution in [0.25, 0.3) is 0 Å². The van der Waals surface area contributed by atoms with Gasteiger partial charge in [0, 0.05) is 6.20 Å². The first kappa shape index (κ1) is 9.04. The minimum absolute atomic E-state index is 0.513. The van der Waals surface area contributed by atoms with Gasteiger partial charge in [-0.05, 0) is 36.5 Å². The standard InChI is InChI=1S/C10H16N2/c1-4-7(2)9-8(3)5-6-12-10(9)11/h5-7H,4H2,1-3H3,(H2,11,12). The molecule has 0 radical (unpaired) electrons. The zero-order chi connectivity index (χ0) is 9.14. The maximum Gasteiger partial charge on any atom is 0.127 e. The number of hydrogen-bond acceptors (Lipinski definition) is 2. The molecular formula is C10H16N2. The monoisotopic (exact) mass is 164 g/mol. The van der Waals surface area contributed by atoms with Crippen LogP contribution in [0.3, 0.4) is 0 Å². The summed E-state index contributed by atoms with van der Waals surface area (Å²) < 4.78 is 0. The maximum atomic E-state index is 5.79. The fraction of sp³-hybridized carbons (Fsp3) is 0.500. The Morgan fingerprint density at radius 3 is 2.75 bits per heavy atom. The summed E-state index contributed by atoms with van der Waals surface area (Å²) in [5, 5.41) is 0. The Morgan fingerprint density at radius 1 is 1.58 bits per heavy atom. The van der Waals surface area contributed by atoms with Crippen molar-refractivity contribution < 1.29 is 0 Å². The summed E-state index contributed by atoms with van der Waals surface area (Å²) in [4.78, 5) is 4.09. The Morgan fingerprint density at radius 2 is 2.25 bits per heavy atom. The van der Waals surface area contributed by atoms with Gasteiger partial charge in [-0.1, -0.05) is 13.8 Å². The maximum absolute atomic E-state index is 5.79. The van der Waals surface area contributed by atoms with Gasteiger partial charge in [0.15, 0.2) is 0 Å². The molecular weight excluding hydrogens is 148 g/mol. The van der Waals surface area contributed by atoms with Crippen LogP contribution in [-0.4, -0.2) is 4.98 Å². The lowest BCUT2D eigenvalue weighted by Gasteiger charge is -2.13. The van der Waals surface area contributed by atoms with Crippen LogP contribution in [0.2, 0.25) is 0 Å². The number of nitrogens with zero attached hydrogens (tertiary/aromatic N) is 1. The second kappa shape index (κ2) is 3.57. The van der Waals surface area contributed by atoms with E-state index in [2.05, 4.69) is 25.8 Å². The smallest absolute Gasteiger partial charge is 0.127 e. The molecule has 0 aliphatic heterocycles. The predicted octanol–water partition coefficient (Wildman–Crippen LogP) is 2.49. The summed E-state index contributed by atoms with van der Waals surface area (Å²) in [5.41, 5.74) is 8.24. The number of hydrogen-bond donors (Lipinski definition) is 1. The quantitative estimate of drug-likeness (QED) is 0.729. The Balaban J connectivity index is 3.12. The topological polar surface area (TPSA) is 38.9 Å². The normalized spacial score (nSPS) is 12.9. The first-order valence-electron chi connectivity index (χ1n) is 4.37. The lowest BCUT2D eigenvalue weighted by atomic mass is 9.95. The van der Waals surface area contributed by atoms with Gasteiger partial charge in [-0.15, -0.1) is 0 Å². The molecule has 0 aliphatic carbocycles. The fourth-order valence-electron chi connectivity index (χ4n) is 1.44. The van der Waals surface area contributed by atoms with Gasteiger partial charge >= 0.3 is 0 Å². The van der Waals surface area contributed by atoms with Crippen molar-refractivity contribution in [2.45, 2.75) is 33.1 Å². The highest BCUT2D eigenvalue weighted by Gasteiger charge is 2.09. The minimum atomic E-state index is 0.513. The van der Waals surface area contributed by atoms with Crippen LogP contribution in [0.1, 0.15) is 37.3 Å². The van der Waals surface area contributed by atoms with Crippen LogP contribution in [0.4, 0.5) is 5.82 Å². The van der Waals surface area contributed by atoms with Gasteiger partial charge in [-0.2, -0.15) is 0 Å². The van der Waals surface area contributed by atoms with Crippen LogP contribution >= 0.6 is 0 Å². The second-order valence-electron chi connectivity index (χ2n) is 3.24. The van der Waals surface area contributed by atoms with E-state index in [-0.39, 0.29) is 0 Å². The molecule has 2 nitrogen and oxygen atoms in total. The Bertz CT molecular complexity index is 248. The molecule has 0 fully saturated rings. The summed E-state index contributed by atoms with van der Waals surface area (Å²) >= 11 is 0. The molecule has 1 atom stereocenters. The van der Waals surface area contributed by atoms with E-state index in [9.17, 15) is 0 Å². The average Bonchev–Trinajstić information content (AvgIpc) is 2.03. The molecule has 1 aromatic heterocycles. The van der Waals surface area contributed by atoms with E-state index in [0.29, 0.717) is 11.7 Å². The number of aryl methyl sites for hydroxylation is 1. The van der Waals surface area contributed by atoms with Gasteiger partial charge in [0.25, 0.3) is 0 Å². The molecule has 0 saturated carbocycles. The molecule has 2 N–H and O–H groups in total. The van der Waals surface area contributed by atoms with Crippen molar-refractivity contribution in [1.82, 2.24) is 4.98 Å². The van der Waals surface area contributed by atoms with Crippen molar-refractivity contribution in [3.8, 4) is 0 Å². The van der Waals surface area contributed by atoms with Crippen LogP contribution in [0.15, 0.2) is 12.3 Å². The summed E-state index contributed by atoms with van der Waals surface area (Å²) in [6.45, 7) is 6.43. The first-order valence-corrected chi connectivity index (χ1v) is 4.37. The molecule has 0 aromatic carbocycles. The largest absolute Gasteiger partial charge is 0.383 e. The van der Waals surface area contributed by atoms with E-state index < -0.39 is 0 Å². The summed E-state index contributed by atoms with van der Waals surface area (Å²) in [7, 11) is 0. The highest BCUT2D eigenvalue weighted by molar-refractivity contribution is 5.45. The van der Waals surface area contributed by atoms with Gasteiger partial charge in [0.1, 0.15) is 5.82 Å². The number of nitrogens with two attached hydrogens (primary N) is 1. The molecule has 1 aromatic rings. The van der Waals surface area contributed by atoms with E-state index in [1.165, 1.54) is 11.1 Å². The molecule has 1 heterocycles. The molecule has 0 aliphatic rings. The summed E-state index contributed by atoms with van der Waals surface area (Å²) in [5.74, 6) is 1.20. The van der Waals surface area contributed by atoms with Gasteiger partial charge < -0.3 is 5.73 Å². The van der Waals surface area contributed by atoms with Gasteiger partial charge in [0.05, 0.1) is 0 Å². The van der Waals surface area contributed by atoms with Crippen LogP contribution < -0.4 is 5.73 Å². The van der Waals surface area contributed by atoms with E-state index >= 15 is 0 Å². The lowest BCUT2D eigenvalue weighted by molar-refractivity contribution is 0.727. The van der Waals surface area contributed by atoms with Gasteiger partial charge in [-0.3, -0.25) is 0 Å². The number of rotatable bonds is 2. The van der Waals surface area contributed by atoms with Crippen molar-refractivity contribution in [2.24, 2.45) is 0 Å². The molecule has 66 valence electrons. The molecule has 0 amide bonds. The molecule has 0 spiro atoms. The third-order valence-electron chi connectivity index (χ3n) is 2.34. The molecule has 2 heteroatoms. The van der Waals surface area contributed by atoms with E-state index in [1.54, 1.807) is 6.20 Å². The SMILES string of the molecule is CCC(C)c1c(C)ccnc1N. The average molecular weight is 164 g/mol. The van der Waals surface area contributed by atoms with E-state index in [1.807, 2.05) is 6.07 Å². The summed E-state index contributed by atoms with van der Waals surface area (Å²) in [6, 6.07) is 2.01. The predicted molar refractivity (Wildman–Crippen MR) is 52.1 cm³/mol. The Kier molecular flexibility index (Phi) is 2.69. The van der Waals surface area contributed by atoms with Crippen molar-refractivity contribution in [3.63, 3.8) is 0 Å². The lowest BCUT2D eigenvalue weighted by Crippen LogP contribution is -2.03. The van der Waals surface area contributed by atoms with Crippen molar-refractivity contribution in [3.05, 3.63) is 23.4 Å². The van der Waals surface area contributed by atoms with Gasteiger partial charge in [-0.25, -0.2) is 4.98 Å². The van der Waals surface area contributed by atoms with Crippen LogP contribution in [0.5, 0.6) is 0 Å².